The van der Waals surface area contributed by atoms with Crippen molar-refractivity contribution in [2.45, 2.75) is 3.79 Å². The Morgan fingerprint density at radius 3 is 1.44 bits per heavy atom. The van der Waals surface area contributed by atoms with Crippen molar-refractivity contribution in [2.24, 2.45) is 0 Å². The number of carboxylic acid groups (broad SMARTS) is 1. The second kappa shape index (κ2) is 6.00. The van der Waals surface area contributed by atoms with Crippen LogP contribution in [0.1, 0.15) is 0 Å². The van der Waals surface area contributed by atoms with Gasteiger partial charge in [0, 0.05) is 0 Å². The minimum atomic E-state index is -2.28. The Hall–Kier alpha value is 1.25. The van der Waals surface area contributed by atoms with E-state index in [0.717, 1.165) is 0 Å². The van der Waals surface area contributed by atoms with E-state index in [1.807, 2.05) is 0 Å². The van der Waals surface area contributed by atoms with Crippen LogP contribution in [0.25, 0.3) is 0 Å². The van der Waals surface area contributed by atoms with Crippen LogP contribution >= 0.6 is 34.8 Å². The summed E-state index contributed by atoms with van der Waals surface area (Å²) >= 11 is 14.2. The number of halogens is 4. The predicted molar refractivity (Wildman–Crippen MR) is 25.3 cm³/mol. The molecule has 0 spiro atoms. The summed E-state index contributed by atoms with van der Waals surface area (Å²) in [6, 6.07) is 0. The fraction of sp³-hybridized carbons (Fsp3) is 0.500. The molecule has 0 atom stereocenters. The standard InChI is InChI=1S/C2HCl3O2.ClH.Zn/c3-2(4,5)1(6)7;;/h(H,6,7);1H;/q;;+2/p-2. The Morgan fingerprint density at radius 1 is 1.33 bits per heavy atom. The fourth-order valence-electron chi connectivity index (χ4n) is 0. The van der Waals surface area contributed by atoms with Crippen LogP contribution in [0.3, 0.4) is 0 Å². The van der Waals surface area contributed by atoms with E-state index in [2.05, 4.69) is 0 Å². The van der Waals surface area contributed by atoms with Crippen molar-refractivity contribution in [3.63, 3.8) is 0 Å². The van der Waals surface area contributed by atoms with E-state index < -0.39 is 9.76 Å². The molecule has 0 amide bonds. The molecule has 0 heterocycles. The van der Waals surface area contributed by atoms with Gasteiger partial charge < -0.3 is 22.3 Å². The van der Waals surface area contributed by atoms with E-state index in [0.29, 0.717) is 0 Å². The minimum Gasteiger partial charge on any atom is -1.00 e. The van der Waals surface area contributed by atoms with Gasteiger partial charge in [-0.3, -0.25) is 0 Å². The van der Waals surface area contributed by atoms with Gasteiger partial charge in [-0.05, 0) is 0 Å². The molecular formula is C2Cl4O2Zn. The van der Waals surface area contributed by atoms with Crippen molar-refractivity contribution in [2.75, 3.05) is 0 Å². The second-order valence-corrected chi connectivity index (χ2v) is 3.07. The van der Waals surface area contributed by atoms with Crippen molar-refractivity contribution >= 4 is 40.8 Å². The topological polar surface area (TPSA) is 40.1 Å². The second-order valence-electron chi connectivity index (χ2n) is 0.785. The Bertz CT molecular complexity index is 89.1. The molecule has 0 aliphatic rings. The van der Waals surface area contributed by atoms with Crippen LogP contribution in [0, 0.1) is 0 Å². The molecule has 0 fully saturated rings. The third-order valence-corrected chi connectivity index (χ3v) is 0.694. The molecule has 0 saturated carbocycles. The molecule has 0 unspecified atom stereocenters. The van der Waals surface area contributed by atoms with Gasteiger partial charge >= 0.3 is 19.5 Å². The van der Waals surface area contributed by atoms with Gasteiger partial charge in [0.1, 0.15) is 0 Å². The summed E-state index contributed by atoms with van der Waals surface area (Å²) in [7, 11) is 0. The minimum absolute atomic E-state index is 0. The molecule has 9 heavy (non-hydrogen) atoms. The van der Waals surface area contributed by atoms with E-state index >= 15 is 0 Å². The molecule has 0 saturated heterocycles. The van der Waals surface area contributed by atoms with Gasteiger partial charge in [0.2, 0.25) is 3.79 Å². The SMILES string of the molecule is O=C([O-])C(Cl)(Cl)Cl.[Cl-].[Zn+2]. The van der Waals surface area contributed by atoms with Gasteiger partial charge in [-0.2, -0.15) is 0 Å². The molecule has 0 aliphatic heterocycles. The first-order valence-corrected chi connectivity index (χ1v) is 2.36. The first-order valence-electron chi connectivity index (χ1n) is 1.23. The third-order valence-electron chi connectivity index (χ3n) is 0.231. The van der Waals surface area contributed by atoms with Gasteiger partial charge in [-0.25, -0.2) is 0 Å². The number of alkyl halides is 3. The maximum absolute atomic E-state index is 9.51. The van der Waals surface area contributed by atoms with Crippen LogP contribution in [0.4, 0.5) is 0 Å². The summed E-state index contributed by atoms with van der Waals surface area (Å²) < 4.78 is -2.28. The summed E-state index contributed by atoms with van der Waals surface area (Å²) in [6.07, 6.45) is 0. The monoisotopic (exact) mass is 260 g/mol. The van der Waals surface area contributed by atoms with Crippen molar-refractivity contribution < 1.29 is 41.8 Å². The van der Waals surface area contributed by atoms with E-state index in [-0.39, 0.29) is 31.9 Å². The summed E-state index contributed by atoms with van der Waals surface area (Å²) in [6.45, 7) is 0. The van der Waals surface area contributed by atoms with E-state index in [1.54, 1.807) is 0 Å². The molecule has 0 radical (unpaired) electrons. The van der Waals surface area contributed by atoms with Crippen LogP contribution in [-0.2, 0) is 24.3 Å². The molecular weight excluding hydrogens is 263 g/mol. The van der Waals surface area contributed by atoms with Crippen LogP contribution < -0.4 is 17.5 Å². The van der Waals surface area contributed by atoms with Gasteiger partial charge in [0.15, 0.2) is 0 Å². The Balaban J connectivity index is -0.000000180. The molecule has 0 bridgehead atoms. The normalized spacial score (nSPS) is 8.78. The van der Waals surface area contributed by atoms with E-state index in [9.17, 15) is 9.90 Å². The van der Waals surface area contributed by atoms with Crippen molar-refractivity contribution in [1.29, 1.82) is 0 Å². The van der Waals surface area contributed by atoms with Crippen LogP contribution in [0.5, 0.6) is 0 Å². The molecule has 0 aromatic heterocycles. The maximum Gasteiger partial charge on any atom is 2.00 e. The van der Waals surface area contributed by atoms with Gasteiger partial charge in [0.25, 0.3) is 0 Å². The molecule has 0 aromatic rings. The Morgan fingerprint density at radius 2 is 1.44 bits per heavy atom. The molecule has 0 aromatic carbocycles. The van der Waals surface area contributed by atoms with E-state index in [4.69, 9.17) is 34.8 Å². The van der Waals surface area contributed by atoms with Crippen molar-refractivity contribution in [3.05, 3.63) is 0 Å². The zero-order valence-electron chi connectivity index (χ0n) is 4.04. The first-order chi connectivity index (χ1) is 2.94. The number of rotatable bonds is 0. The number of carboxylic acids is 1. The summed E-state index contributed by atoms with van der Waals surface area (Å²) in [5, 5.41) is 9.51. The predicted octanol–water partition coefficient (Wildman–Crippen LogP) is -2.89. The molecule has 0 aliphatic carbocycles. The average molecular weight is 263 g/mol. The Kier molecular flexibility index (Phi) is 11.1. The molecule has 50 valence electrons. The fourth-order valence-corrected chi connectivity index (χ4v) is 0. The number of carbonyl (C=O) groups excluding carboxylic acids is 1. The smallest absolute Gasteiger partial charge is 1.00 e. The molecule has 2 nitrogen and oxygen atoms in total. The number of aliphatic carboxylic acids is 1. The number of carbonyl (C=O) groups is 1. The number of hydrogen-bond donors (Lipinski definition) is 0. The Labute approximate surface area is 86.0 Å². The summed E-state index contributed by atoms with van der Waals surface area (Å²) in [5.74, 6) is -1.71. The van der Waals surface area contributed by atoms with Crippen LogP contribution in [-0.4, -0.2) is 9.76 Å². The van der Waals surface area contributed by atoms with Gasteiger partial charge in [0.05, 0.1) is 5.97 Å². The average Bonchev–Trinajstić information content (AvgIpc) is 1.31. The third kappa shape index (κ3) is 9.25. The molecule has 0 N–H and O–H groups in total. The zero-order chi connectivity index (χ0) is 6.08. The van der Waals surface area contributed by atoms with Crippen LogP contribution in [0.15, 0.2) is 0 Å². The van der Waals surface area contributed by atoms with Gasteiger partial charge in [-0.15, -0.1) is 0 Å². The largest absolute Gasteiger partial charge is 2.00 e. The molecule has 7 heteroatoms. The van der Waals surface area contributed by atoms with Crippen molar-refractivity contribution in [1.82, 2.24) is 0 Å². The maximum atomic E-state index is 9.51. The zero-order valence-corrected chi connectivity index (χ0v) is 10.0. The molecule has 0 rings (SSSR count). The summed E-state index contributed by atoms with van der Waals surface area (Å²) in [4.78, 5) is 9.51. The van der Waals surface area contributed by atoms with Crippen molar-refractivity contribution in [3.8, 4) is 0 Å². The van der Waals surface area contributed by atoms with Crippen LogP contribution in [0.2, 0.25) is 0 Å². The first kappa shape index (κ1) is 16.7. The quantitative estimate of drug-likeness (QED) is 0.348. The number of hydrogen-bond acceptors (Lipinski definition) is 2. The summed E-state index contributed by atoms with van der Waals surface area (Å²) in [5.41, 5.74) is 0. The van der Waals surface area contributed by atoms with E-state index in [1.165, 1.54) is 0 Å². The van der Waals surface area contributed by atoms with Gasteiger partial charge in [-0.1, -0.05) is 34.8 Å².